The van der Waals surface area contributed by atoms with E-state index in [-0.39, 0.29) is 12.0 Å². The minimum Gasteiger partial charge on any atom is -0.415 e. The van der Waals surface area contributed by atoms with Crippen LogP contribution in [0, 0.1) is 0 Å². The number of ether oxygens (including phenoxy) is 1. The van der Waals surface area contributed by atoms with Crippen molar-refractivity contribution in [1.29, 1.82) is 0 Å². The van der Waals surface area contributed by atoms with E-state index in [1.807, 2.05) is 30.3 Å². The zero-order valence-electron chi connectivity index (χ0n) is 7.01. The van der Waals surface area contributed by atoms with Gasteiger partial charge in [-0.3, -0.25) is 4.79 Å². The van der Waals surface area contributed by atoms with E-state index in [4.69, 9.17) is 0 Å². The molecule has 0 spiro atoms. The second-order valence-corrected chi connectivity index (χ2v) is 2.87. The maximum atomic E-state index is 10.9. The molecule has 2 rings (SSSR count). The molecule has 0 radical (unpaired) electrons. The number of aliphatic imine (C=N–C) groups is 1. The molecular weight excluding hydrogens is 166 g/mol. The molecule has 3 nitrogen and oxygen atoms in total. The SMILES string of the molecule is O=C1CC(c2ccccc2)N=CO1. The maximum absolute atomic E-state index is 10.9. The van der Waals surface area contributed by atoms with E-state index in [0.29, 0.717) is 6.42 Å². The van der Waals surface area contributed by atoms with Gasteiger partial charge in [-0.05, 0) is 5.56 Å². The third kappa shape index (κ3) is 1.75. The fraction of sp³-hybridized carbons (Fsp3) is 0.200. The van der Waals surface area contributed by atoms with Gasteiger partial charge in [-0.25, -0.2) is 4.99 Å². The predicted octanol–water partition coefficient (Wildman–Crippen LogP) is 1.70. The maximum Gasteiger partial charge on any atom is 0.314 e. The van der Waals surface area contributed by atoms with Crippen LogP contribution in [0.5, 0.6) is 0 Å². The van der Waals surface area contributed by atoms with Crippen molar-refractivity contribution in [2.24, 2.45) is 4.99 Å². The third-order valence-corrected chi connectivity index (χ3v) is 1.97. The zero-order chi connectivity index (χ0) is 9.10. The molecule has 0 aliphatic carbocycles. The Bertz CT molecular complexity index is 332. The van der Waals surface area contributed by atoms with E-state index < -0.39 is 0 Å². The second-order valence-electron chi connectivity index (χ2n) is 2.87. The summed E-state index contributed by atoms with van der Waals surface area (Å²) in [5.74, 6) is -0.219. The molecular formula is C10H9NO2. The fourth-order valence-corrected chi connectivity index (χ4v) is 1.30. The topological polar surface area (TPSA) is 38.7 Å². The number of benzene rings is 1. The summed E-state index contributed by atoms with van der Waals surface area (Å²) in [7, 11) is 0. The highest BCUT2D eigenvalue weighted by molar-refractivity contribution is 5.80. The van der Waals surface area contributed by atoms with Crippen molar-refractivity contribution in [2.75, 3.05) is 0 Å². The molecule has 1 aliphatic rings. The van der Waals surface area contributed by atoms with Gasteiger partial charge in [-0.2, -0.15) is 0 Å². The number of carbonyl (C=O) groups is 1. The molecule has 1 atom stereocenters. The van der Waals surface area contributed by atoms with E-state index >= 15 is 0 Å². The van der Waals surface area contributed by atoms with E-state index in [1.165, 1.54) is 6.40 Å². The number of nitrogens with zero attached hydrogens (tertiary/aromatic N) is 1. The normalized spacial score (nSPS) is 21.2. The number of carbonyl (C=O) groups excluding carboxylic acids is 1. The lowest BCUT2D eigenvalue weighted by Crippen LogP contribution is -2.13. The van der Waals surface area contributed by atoms with Gasteiger partial charge >= 0.3 is 5.97 Å². The molecule has 1 aromatic carbocycles. The first-order valence-corrected chi connectivity index (χ1v) is 4.12. The van der Waals surface area contributed by atoms with Crippen molar-refractivity contribution in [3.8, 4) is 0 Å². The lowest BCUT2D eigenvalue weighted by Gasteiger charge is -2.14. The largest absolute Gasteiger partial charge is 0.415 e. The van der Waals surface area contributed by atoms with Crippen LogP contribution in [0.4, 0.5) is 0 Å². The van der Waals surface area contributed by atoms with Crippen LogP contribution in [-0.2, 0) is 9.53 Å². The molecule has 0 amide bonds. The molecule has 0 N–H and O–H groups in total. The summed E-state index contributed by atoms with van der Waals surface area (Å²) in [5, 5.41) is 0. The van der Waals surface area contributed by atoms with Crippen LogP contribution < -0.4 is 0 Å². The van der Waals surface area contributed by atoms with E-state index in [2.05, 4.69) is 9.73 Å². The van der Waals surface area contributed by atoms with Crippen LogP contribution in [0.25, 0.3) is 0 Å². The van der Waals surface area contributed by atoms with Gasteiger partial charge in [0, 0.05) is 0 Å². The van der Waals surface area contributed by atoms with Gasteiger partial charge in [0.05, 0.1) is 12.5 Å². The van der Waals surface area contributed by atoms with Crippen molar-refractivity contribution >= 4 is 12.4 Å². The highest BCUT2D eigenvalue weighted by atomic mass is 16.5. The van der Waals surface area contributed by atoms with E-state index in [0.717, 1.165) is 5.56 Å². The highest BCUT2D eigenvalue weighted by Crippen LogP contribution is 2.22. The molecule has 1 aromatic rings. The Labute approximate surface area is 76.1 Å². The van der Waals surface area contributed by atoms with Gasteiger partial charge in [-0.1, -0.05) is 30.3 Å². The average molecular weight is 175 g/mol. The van der Waals surface area contributed by atoms with E-state index in [9.17, 15) is 4.79 Å². The Morgan fingerprint density at radius 2 is 2.08 bits per heavy atom. The Morgan fingerprint density at radius 1 is 1.31 bits per heavy atom. The number of rotatable bonds is 1. The summed E-state index contributed by atoms with van der Waals surface area (Å²) < 4.78 is 4.60. The molecule has 0 fully saturated rings. The van der Waals surface area contributed by atoms with Crippen molar-refractivity contribution in [1.82, 2.24) is 0 Å². The summed E-state index contributed by atoms with van der Waals surface area (Å²) in [4.78, 5) is 15.0. The molecule has 0 bridgehead atoms. The minimum absolute atomic E-state index is 0.0672. The Kier molecular flexibility index (Phi) is 2.08. The zero-order valence-corrected chi connectivity index (χ0v) is 7.01. The first kappa shape index (κ1) is 7.98. The summed E-state index contributed by atoms with van der Waals surface area (Å²) in [6.45, 7) is 0. The number of hydrogen-bond acceptors (Lipinski definition) is 3. The lowest BCUT2D eigenvalue weighted by atomic mass is 10.0. The smallest absolute Gasteiger partial charge is 0.314 e. The summed E-state index contributed by atoms with van der Waals surface area (Å²) in [6.07, 6.45) is 1.56. The Balaban J connectivity index is 2.22. The molecule has 1 aliphatic heterocycles. The third-order valence-electron chi connectivity index (χ3n) is 1.97. The van der Waals surface area contributed by atoms with Crippen molar-refractivity contribution in [2.45, 2.75) is 12.5 Å². The van der Waals surface area contributed by atoms with Gasteiger partial charge < -0.3 is 4.74 Å². The van der Waals surface area contributed by atoms with Crippen molar-refractivity contribution < 1.29 is 9.53 Å². The lowest BCUT2D eigenvalue weighted by molar-refractivity contribution is -0.136. The highest BCUT2D eigenvalue weighted by Gasteiger charge is 2.18. The molecule has 0 aromatic heterocycles. The van der Waals surface area contributed by atoms with Crippen LogP contribution in [0.15, 0.2) is 35.3 Å². The average Bonchev–Trinajstić information content (AvgIpc) is 2.19. The Morgan fingerprint density at radius 3 is 2.77 bits per heavy atom. The first-order valence-electron chi connectivity index (χ1n) is 4.12. The van der Waals surface area contributed by atoms with Crippen LogP contribution in [0.1, 0.15) is 18.0 Å². The monoisotopic (exact) mass is 175 g/mol. The van der Waals surface area contributed by atoms with Gasteiger partial charge in [0.15, 0.2) is 6.40 Å². The quantitative estimate of drug-likeness (QED) is 0.609. The molecule has 0 saturated heterocycles. The number of hydrogen-bond donors (Lipinski definition) is 0. The van der Waals surface area contributed by atoms with Gasteiger partial charge in [0.2, 0.25) is 0 Å². The minimum atomic E-state index is -0.219. The fourth-order valence-electron chi connectivity index (χ4n) is 1.30. The molecule has 1 heterocycles. The molecule has 13 heavy (non-hydrogen) atoms. The second kappa shape index (κ2) is 3.39. The molecule has 66 valence electrons. The van der Waals surface area contributed by atoms with Crippen LogP contribution in [0.2, 0.25) is 0 Å². The molecule has 3 heteroatoms. The Hall–Kier alpha value is -1.64. The van der Waals surface area contributed by atoms with E-state index in [1.54, 1.807) is 0 Å². The number of esters is 1. The van der Waals surface area contributed by atoms with Crippen LogP contribution in [-0.4, -0.2) is 12.4 Å². The van der Waals surface area contributed by atoms with Crippen molar-refractivity contribution in [3.63, 3.8) is 0 Å². The first-order chi connectivity index (χ1) is 6.36. The standard InChI is InChI=1S/C10H9NO2/c12-10-6-9(11-7-13-10)8-4-2-1-3-5-8/h1-5,7,9H,6H2. The number of cyclic esters (lactones) is 1. The molecule has 1 unspecified atom stereocenters. The van der Waals surface area contributed by atoms with Crippen LogP contribution >= 0.6 is 0 Å². The summed E-state index contributed by atoms with van der Waals surface area (Å²) in [5.41, 5.74) is 1.05. The summed E-state index contributed by atoms with van der Waals surface area (Å²) in [6, 6.07) is 9.66. The van der Waals surface area contributed by atoms with Gasteiger partial charge in [-0.15, -0.1) is 0 Å². The van der Waals surface area contributed by atoms with Crippen LogP contribution in [0.3, 0.4) is 0 Å². The van der Waals surface area contributed by atoms with Gasteiger partial charge in [0.1, 0.15) is 0 Å². The van der Waals surface area contributed by atoms with Gasteiger partial charge in [0.25, 0.3) is 0 Å². The summed E-state index contributed by atoms with van der Waals surface area (Å²) >= 11 is 0. The predicted molar refractivity (Wildman–Crippen MR) is 48.4 cm³/mol. The molecule has 0 saturated carbocycles. The van der Waals surface area contributed by atoms with Crippen molar-refractivity contribution in [3.05, 3.63) is 35.9 Å².